The molecule has 5 heteroatoms. The van der Waals surface area contributed by atoms with E-state index in [1.807, 2.05) is 18.3 Å². The van der Waals surface area contributed by atoms with Crippen molar-refractivity contribution in [1.29, 1.82) is 0 Å². The predicted molar refractivity (Wildman–Crippen MR) is 58.2 cm³/mol. The molecule has 2 N–H and O–H groups in total. The van der Waals surface area contributed by atoms with Crippen molar-refractivity contribution in [2.75, 3.05) is 10.4 Å². The number of hydrogen-bond acceptors (Lipinski definition) is 2. The normalized spacial score (nSPS) is 13.4. The van der Waals surface area contributed by atoms with Crippen LogP contribution in [0, 0.1) is 0 Å². The Morgan fingerprint density at radius 2 is 2.29 bits per heavy atom. The molecule has 1 amide bonds. The number of nitrogens with one attached hydrogen (secondary N) is 2. The molecule has 0 fully saturated rings. The summed E-state index contributed by atoms with van der Waals surface area (Å²) in [5, 5.41) is 3.56. The number of benzene rings is 1. The van der Waals surface area contributed by atoms with Crippen LogP contribution in [0.15, 0.2) is 22.8 Å². The van der Waals surface area contributed by atoms with Gasteiger partial charge in [0.15, 0.2) is 0 Å². The number of carbonyl (C=O) groups is 1. The highest BCUT2D eigenvalue weighted by Gasteiger charge is 2.22. The number of H-pyrrole nitrogens is 1. The highest BCUT2D eigenvalue weighted by atomic mass is 79.9. The number of carbonyl (C=O) groups excluding carboxylic acids is 1. The van der Waals surface area contributed by atoms with Gasteiger partial charge in [-0.05, 0) is 12.1 Å². The average Bonchev–Trinajstić information content (AvgIpc) is 2.74. The number of aromatic amines is 1. The third-order valence-corrected chi connectivity index (χ3v) is 3.06. The maximum absolute atomic E-state index is 10.7. The topological polar surface area (TPSA) is 48.1 Å². The van der Waals surface area contributed by atoms with Gasteiger partial charge >= 0.3 is 0 Å². The second-order valence-electron chi connectivity index (χ2n) is 3.11. The minimum atomic E-state index is 0.749. The molecular formula is C9H6BrN3O. The summed E-state index contributed by atoms with van der Waals surface area (Å²) < 4.78 is 1.02. The number of rotatable bonds is 1. The molecule has 0 saturated heterocycles. The molecule has 0 spiro atoms. The molecular weight excluding hydrogens is 246 g/mol. The number of hydrogen-bond donors (Lipinski definition) is 2. The quantitative estimate of drug-likeness (QED) is 0.764. The molecule has 0 unspecified atom stereocenters. The molecule has 1 aromatic heterocycles. The molecule has 2 aromatic rings. The molecule has 4 nitrogen and oxygen atoms in total. The Morgan fingerprint density at radius 3 is 3.07 bits per heavy atom. The van der Waals surface area contributed by atoms with Gasteiger partial charge in [0.1, 0.15) is 5.82 Å². The summed E-state index contributed by atoms with van der Waals surface area (Å²) in [4.78, 5) is 13.8. The molecule has 0 radical (unpaired) electrons. The van der Waals surface area contributed by atoms with Gasteiger partial charge in [-0.2, -0.15) is 0 Å². The van der Waals surface area contributed by atoms with Gasteiger partial charge in [-0.3, -0.25) is 10.2 Å². The highest BCUT2D eigenvalue weighted by molar-refractivity contribution is 9.10. The number of nitrogens with zero attached hydrogens (tertiary/aromatic N) is 1. The van der Waals surface area contributed by atoms with Crippen LogP contribution in [0.3, 0.4) is 0 Å². The van der Waals surface area contributed by atoms with E-state index in [1.54, 1.807) is 0 Å². The summed E-state index contributed by atoms with van der Waals surface area (Å²) in [6.07, 6.45) is 2.63. The van der Waals surface area contributed by atoms with Crippen molar-refractivity contribution in [3.8, 4) is 0 Å². The fourth-order valence-electron chi connectivity index (χ4n) is 1.75. The Balaban J connectivity index is 2.42. The highest BCUT2D eigenvalue weighted by Crippen LogP contribution is 2.40. The summed E-state index contributed by atoms with van der Waals surface area (Å²) in [6, 6.07) is 3.89. The first kappa shape index (κ1) is 7.87. The van der Waals surface area contributed by atoms with Crippen LogP contribution in [-0.2, 0) is 4.79 Å². The maximum atomic E-state index is 10.7. The zero-order chi connectivity index (χ0) is 9.71. The number of aromatic nitrogens is 1. The van der Waals surface area contributed by atoms with E-state index in [0.29, 0.717) is 0 Å². The van der Waals surface area contributed by atoms with Crippen LogP contribution in [0.25, 0.3) is 10.8 Å². The third kappa shape index (κ3) is 0.798. The lowest BCUT2D eigenvalue weighted by Crippen LogP contribution is -2.24. The van der Waals surface area contributed by atoms with E-state index in [-0.39, 0.29) is 0 Å². The summed E-state index contributed by atoms with van der Waals surface area (Å²) >= 11 is 3.46. The van der Waals surface area contributed by atoms with Crippen molar-refractivity contribution >= 4 is 44.6 Å². The minimum Gasteiger partial charge on any atom is -0.345 e. The van der Waals surface area contributed by atoms with E-state index in [2.05, 4.69) is 26.3 Å². The molecule has 1 aliphatic rings. The number of amides is 1. The van der Waals surface area contributed by atoms with Gasteiger partial charge in [-0.25, -0.2) is 5.01 Å². The van der Waals surface area contributed by atoms with Crippen LogP contribution in [0.2, 0.25) is 0 Å². The largest absolute Gasteiger partial charge is 0.345 e. The van der Waals surface area contributed by atoms with Gasteiger partial charge in [0.2, 0.25) is 6.41 Å². The molecule has 0 bridgehead atoms. The van der Waals surface area contributed by atoms with Crippen molar-refractivity contribution < 1.29 is 4.79 Å². The zero-order valence-electron chi connectivity index (χ0n) is 7.04. The van der Waals surface area contributed by atoms with Gasteiger partial charge in [0.25, 0.3) is 0 Å². The van der Waals surface area contributed by atoms with Gasteiger partial charge < -0.3 is 4.98 Å². The van der Waals surface area contributed by atoms with Crippen LogP contribution in [-0.4, -0.2) is 11.4 Å². The summed E-state index contributed by atoms with van der Waals surface area (Å²) in [5.74, 6) is 0.798. The molecule has 14 heavy (non-hydrogen) atoms. The SMILES string of the molecule is O=CN1Nc2ccc(Br)c3c[nH]c1c23. The standard InChI is InChI=1S/C9H6BrN3O/c10-6-1-2-7-8-5(6)3-11-9(8)13(4-14)12-7/h1-4,11-12H. The van der Waals surface area contributed by atoms with Gasteiger partial charge in [-0.15, -0.1) is 0 Å². The maximum Gasteiger partial charge on any atom is 0.234 e. The summed E-state index contributed by atoms with van der Waals surface area (Å²) in [7, 11) is 0. The van der Waals surface area contributed by atoms with Gasteiger partial charge in [-0.1, -0.05) is 15.9 Å². The predicted octanol–water partition coefficient (Wildman–Crippen LogP) is 2.23. The first-order chi connectivity index (χ1) is 6.81. The van der Waals surface area contributed by atoms with E-state index < -0.39 is 0 Å². The first-order valence-corrected chi connectivity index (χ1v) is 4.91. The lowest BCUT2D eigenvalue weighted by atomic mass is 10.2. The molecule has 70 valence electrons. The van der Waals surface area contributed by atoms with Crippen molar-refractivity contribution in [2.24, 2.45) is 0 Å². The van der Waals surface area contributed by atoms with E-state index in [0.717, 1.165) is 33.2 Å². The van der Waals surface area contributed by atoms with Crippen LogP contribution in [0.4, 0.5) is 11.5 Å². The Bertz CT molecular complexity index is 534. The van der Waals surface area contributed by atoms with Crippen LogP contribution in [0.1, 0.15) is 0 Å². The molecule has 0 atom stereocenters. The average molecular weight is 252 g/mol. The van der Waals surface area contributed by atoms with Crippen LogP contribution in [0.5, 0.6) is 0 Å². The number of hydrazine groups is 1. The van der Waals surface area contributed by atoms with Crippen molar-refractivity contribution in [1.82, 2.24) is 4.98 Å². The van der Waals surface area contributed by atoms with Crippen LogP contribution < -0.4 is 10.4 Å². The van der Waals surface area contributed by atoms with Gasteiger partial charge in [0.05, 0.1) is 11.1 Å². The van der Waals surface area contributed by atoms with Crippen molar-refractivity contribution in [2.45, 2.75) is 0 Å². The Hall–Kier alpha value is -1.49. The molecule has 0 aliphatic carbocycles. The van der Waals surface area contributed by atoms with E-state index in [9.17, 15) is 4.79 Å². The Morgan fingerprint density at radius 1 is 1.43 bits per heavy atom. The second-order valence-corrected chi connectivity index (χ2v) is 3.96. The van der Waals surface area contributed by atoms with E-state index >= 15 is 0 Å². The van der Waals surface area contributed by atoms with Gasteiger partial charge in [0, 0.05) is 16.1 Å². The second kappa shape index (κ2) is 2.51. The smallest absolute Gasteiger partial charge is 0.234 e. The van der Waals surface area contributed by atoms with Crippen molar-refractivity contribution in [3.63, 3.8) is 0 Å². The van der Waals surface area contributed by atoms with E-state index in [4.69, 9.17) is 0 Å². The fourth-order valence-corrected chi connectivity index (χ4v) is 2.20. The Kier molecular flexibility index (Phi) is 1.41. The summed E-state index contributed by atoms with van der Waals surface area (Å²) in [5.41, 5.74) is 3.93. The Labute approximate surface area is 88.0 Å². The third-order valence-electron chi connectivity index (χ3n) is 2.37. The number of halogens is 1. The monoisotopic (exact) mass is 251 g/mol. The van der Waals surface area contributed by atoms with Crippen molar-refractivity contribution in [3.05, 3.63) is 22.8 Å². The molecule has 0 saturated carbocycles. The molecule has 3 rings (SSSR count). The molecule has 1 aliphatic heterocycles. The number of anilines is 2. The first-order valence-electron chi connectivity index (χ1n) is 4.12. The van der Waals surface area contributed by atoms with Crippen LogP contribution >= 0.6 is 15.9 Å². The fraction of sp³-hybridized carbons (Fsp3) is 0. The lowest BCUT2D eigenvalue weighted by molar-refractivity contribution is -0.107. The zero-order valence-corrected chi connectivity index (χ0v) is 8.63. The summed E-state index contributed by atoms with van der Waals surface area (Å²) in [6.45, 7) is 0. The molecule has 1 aromatic carbocycles. The lowest BCUT2D eigenvalue weighted by Gasteiger charge is -2.09. The molecule has 2 heterocycles. The van der Waals surface area contributed by atoms with E-state index in [1.165, 1.54) is 5.01 Å². The minimum absolute atomic E-state index is 0.749.